The number of benzene rings is 3. The lowest BCUT2D eigenvalue weighted by Gasteiger charge is -2.20. The van der Waals surface area contributed by atoms with Crippen LogP contribution in [-0.4, -0.2) is 83.5 Å². The second-order valence-corrected chi connectivity index (χ2v) is 11.0. The molecule has 0 bridgehead atoms. The maximum atomic E-state index is 11.7. The first-order valence-electron chi connectivity index (χ1n) is 14.9. The summed E-state index contributed by atoms with van der Waals surface area (Å²) in [5.74, 6) is -5.43. The average Bonchev–Trinajstić information content (AvgIpc) is 3.04. The van der Waals surface area contributed by atoms with Crippen molar-refractivity contribution in [3.05, 3.63) is 54.6 Å². The fourth-order valence-corrected chi connectivity index (χ4v) is 4.18. The van der Waals surface area contributed by atoms with Gasteiger partial charge in [0.1, 0.15) is 40.6 Å². The molecule has 0 spiro atoms. The number of aromatic nitrogens is 3. The number of carboxylic acid groups (broad SMARTS) is 3. The van der Waals surface area contributed by atoms with Crippen molar-refractivity contribution < 1.29 is 63.7 Å². The van der Waals surface area contributed by atoms with Gasteiger partial charge in [-0.3, -0.25) is 4.79 Å². The minimum Gasteiger partial charge on any atom is -0.546 e. The lowest BCUT2D eigenvalue weighted by Crippen LogP contribution is -2.37. The normalized spacial score (nSPS) is 13.3. The van der Waals surface area contributed by atoms with Gasteiger partial charge in [0.15, 0.2) is 41.6 Å². The van der Waals surface area contributed by atoms with E-state index in [1.165, 1.54) is 76.2 Å². The van der Waals surface area contributed by atoms with Gasteiger partial charge in [0.2, 0.25) is 0 Å². The number of phenols is 2. The Kier molecular flexibility index (Phi) is 11.1. The van der Waals surface area contributed by atoms with E-state index >= 15 is 0 Å². The zero-order valence-corrected chi connectivity index (χ0v) is 27.3. The third-order valence-electron chi connectivity index (χ3n) is 7.09. The molecule has 1 aromatic heterocycles. The van der Waals surface area contributed by atoms with Crippen LogP contribution in [0.1, 0.15) is 34.6 Å². The zero-order chi connectivity index (χ0) is 36.9. The summed E-state index contributed by atoms with van der Waals surface area (Å²) < 4.78 is 22.0. The highest BCUT2D eigenvalue weighted by atomic mass is 16.5. The number of ether oxygens (including phenoxy) is 4. The van der Waals surface area contributed by atoms with Gasteiger partial charge in [-0.1, -0.05) is 0 Å². The highest BCUT2D eigenvalue weighted by Crippen LogP contribution is 2.38. The van der Waals surface area contributed by atoms with Crippen LogP contribution in [0.2, 0.25) is 0 Å². The van der Waals surface area contributed by atoms with E-state index in [2.05, 4.69) is 15.0 Å². The molecule has 262 valence electrons. The van der Waals surface area contributed by atoms with Gasteiger partial charge in [-0.25, -0.2) is 24.5 Å². The number of Topliss-reactive ketones (excluding diaryl/α,β-unsaturated/α-hetero) is 1. The van der Waals surface area contributed by atoms with Gasteiger partial charge in [0.05, 0.1) is 22.7 Å². The maximum Gasteiger partial charge on any atom is 0.344 e. The van der Waals surface area contributed by atoms with Crippen molar-refractivity contribution in [2.45, 2.75) is 59.0 Å². The number of hydrogen-bond donors (Lipinski definition) is 4. The molecule has 0 aliphatic rings. The van der Waals surface area contributed by atoms with E-state index < -0.39 is 48.1 Å². The predicted octanol–water partition coefficient (Wildman–Crippen LogP) is 2.86. The van der Waals surface area contributed by atoms with Crippen molar-refractivity contribution in [3.8, 4) is 68.7 Å². The Hall–Kier alpha value is -6.45. The number of rotatable bonds is 15. The van der Waals surface area contributed by atoms with Crippen molar-refractivity contribution >= 4 is 23.7 Å². The fourth-order valence-electron chi connectivity index (χ4n) is 4.18. The standard InChI is InChI=1S/C34H33N3O13/c1-15(38)16(2)47-20-6-9-23(26(39)12-20)29-35-30(24-10-7-21(13-27(24)40)48-17(3)32(41)42)37-31(36-29)25-11-8-22(49-18(4)33(43)44)14-28(25)50-19(5)34(45)46/h6-14,16-19,39-40H,1-5H3,(H,41,42)(H,43,44)(H,45,46)/p-1. The van der Waals surface area contributed by atoms with E-state index in [0.29, 0.717) is 0 Å². The van der Waals surface area contributed by atoms with Gasteiger partial charge in [0, 0.05) is 18.2 Å². The van der Waals surface area contributed by atoms with E-state index in [4.69, 9.17) is 18.9 Å². The van der Waals surface area contributed by atoms with E-state index in [1.807, 2.05) is 0 Å². The first-order valence-corrected chi connectivity index (χ1v) is 14.9. The van der Waals surface area contributed by atoms with Crippen LogP contribution in [0.3, 0.4) is 0 Å². The molecule has 0 aliphatic carbocycles. The molecule has 4 N–H and O–H groups in total. The summed E-state index contributed by atoms with van der Waals surface area (Å²) in [4.78, 5) is 59.3. The zero-order valence-electron chi connectivity index (χ0n) is 27.3. The van der Waals surface area contributed by atoms with Crippen LogP contribution in [0.5, 0.6) is 34.5 Å². The number of carbonyl (C=O) groups excluding carboxylic acids is 2. The topological polar surface area (TPSA) is 248 Å². The molecule has 0 amide bonds. The summed E-state index contributed by atoms with van der Waals surface area (Å²) in [6.07, 6.45) is -4.79. The minimum absolute atomic E-state index is 0.00976. The smallest absolute Gasteiger partial charge is 0.344 e. The summed E-state index contributed by atoms with van der Waals surface area (Å²) >= 11 is 0. The molecule has 3 aromatic carbocycles. The van der Waals surface area contributed by atoms with Gasteiger partial charge in [0.25, 0.3) is 0 Å². The summed E-state index contributed by atoms with van der Waals surface area (Å²) in [5, 5.41) is 52.0. The Morgan fingerprint density at radius 1 is 0.580 bits per heavy atom. The Bertz CT molecular complexity index is 1860. The van der Waals surface area contributed by atoms with Gasteiger partial charge >= 0.3 is 11.9 Å². The molecule has 50 heavy (non-hydrogen) atoms. The van der Waals surface area contributed by atoms with Crippen molar-refractivity contribution in [1.82, 2.24) is 15.0 Å². The summed E-state index contributed by atoms with van der Waals surface area (Å²) in [6, 6.07) is 12.0. The molecule has 0 aliphatic heterocycles. The molecule has 0 fully saturated rings. The fraction of sp³-hybridized carbons (Fsp3) is 0.265. The third-order valence-corrected chi connectivity index (χ3v) is 7.09. The van der Waals surface area contributed by atoms with Gasteiger partial charge < -0.3 is 49.3 Å². The maximum absolute atomic E-state index is 11.7. The van der Waals surface area contributed by atoms with Crippen LogP contribution in [0, 0.1) is 0 Å². The third kappa shape index (κ3) is 8.71. The summed E-state index contributed by atoms with van der Waals surface area (Å²) in [7, 11) is 0. The number of ketones is 1. The van der Waals surface area contributed by atoms with Crippen molar-refractivity contribution in [2.75, 3.05) is 0 Å². The van der Waals surface area contributed by atoms with Crippen LogP contribution < -0.4 is 24.1 Å². The first kappa shape index (κ1) is 36.4. The number of nitrogens with zero attached hydrogens (tertiary/aromatic N) is 3. The summed E-state index contributed by atoms with van der Waals surface area (Å²) in [6.45, 7) is 6.70. The van der Waals surface area contributed by atoms with E-state index in [9.17, 15) is 44.7 Å². The van der Waals surface area contributed by atoms with Crippen LogP contribution >= 0.6 is 0 Å². The molecule has 0 radical (unpaired) electrons. The number of carboxylic acids is 3. The lowest BCUT2D eigenvalue weighted by atomic mass is 10.1. The molecular formula is C34H32N3O13-. The molecule has 0 saturated heterocycles. The highest BCUT2D eigenvalue weighted by molar-refractivity contribution is 5.80. The van der Waals surface area contributed by atoms with Gasteiger partial charge in [-0.05, 0) is 71.0 Å². The molecule has 1 heterocycles. The minimum atomic E-state index is -1.56. The van der Waals surface area contributed by atoms with Crippen molar-refractivity contribution in [3.63, 3.8) is 0 Å². The van der Waals surface area contributed by atoms with Gasteiger partial charge in [-0.2, -0.15) is 0 Å². The van der Waals surface area contributed by atoms with Crippen LogP contribution in [0.25, 0.3) is 34.2 Å². The molecule has 4 atom stereocenters. The highest BCUT2D eigenvalue weighted by Gasteiger charge is 2.23. The SMILES string of the molecule is CC(=O)C(C)Oc1ccc(-c2nc(-c3ccc(OC(C)C(=O)O)cc3O)nc(-c3ccc(OC(C)C(=O)O)cc3OC(C)C(=O)[O-])n2)c(O)c1. The number of phenolic OH excluding ortho intramolecular Hbond substituents is 2. The second-order valence-electron chi connectivity index (χ2n) is 11.0. The van der Waals surface area contributed by atoms with Gasteiger partial charge in [-0.15, -0.1) is 0 Å². The number of aromatic hydroxyl groups is 2. The molecule has 0 saturated carbocycles. The van der Waals surface area contributed by atoms with E-state index in [1.54, 1.807) is 6.92 Å². The predicted molar refractivity (Wildman–Crippen MR) is 171 cm³/mol. The Morgan fingerprint density at radius 2 is 0.960 bits per heavy atom. The lowest BCUT2D eigenvalue weighted by molar-refractivity contribution is -0.312. The second kappa shape index (κ2) is 15.2. The van der Waals surface area contributed by atoms with E-state index in [0.717, 1.165) is 6.07 Å². The van der Waals surface area contributed by atoms with Crippen molar-refractivity contribution in [2.24, 2.45) is 0 Å². The number of carbonyl (C=O) groups is 4. The van der Waals surface area contributed by atoms with Crippen LogP contribution in [-0.2, 0) is 19.2 Å². The summed E-state index contributed by atoms with van der Waals surface area (Å²) in [5.41, 5.74) is 0.164. The first-order chi connectivity index (χ1) is 23.5. The largest absolute Gasteiger partial charge is 0.546 e. The quantitative estimate of drug-likeness (QED) is 0.140. The molecule has 16 heteroatoms. The van der Waals surface area contributed by atoms with Crippen LogP contribution in [0.4, 0.5) is 0 Å². The number of hydrogen-bond acceptors (Lipinski definition) is 14. The molecule has 4 unspecified atom stereocenters. The number of aliphatic carboxylic acids is 3. The average molecular weight is 691 g/mol. The van der Waals surface area contributed by atoms with Crippen molar-refractivity contribution in [1.29, 1.82) is 0 Å². The molecule has 4 aromatic rings. The molecular weight excluding hydrogens is 658 g/mol. The molecule has 16 nitrogen and oxygen atoms in total. The molecule has 4 rings (SSSR count). The Balaban J connectivity index is 1.91. The van der Waals surface area contributed by atoms with Crippen LogP contribution in [0.15, 0.2) is 54.6 Å². The Morgan fingerprint density at radius 3 is 1.34 bits per heavy atom. The monoisotopic (exact) mass is 690 g/mol. The van der Waals surface area contributed by atoms with E-state index in [-0.39, 0.29) is 68.7 Å². The Labute approximate surface area is 284 Å².